The van der Waals surface area contributed by atoms with Gasteiger partial charge >= 0.3 is 0 Å². The van der Waals surface area contributed by atoms with Crippen molar-refractivity contribution in [1.29, 1.82) is 0 Å². The van der Waals surface area contributed by atoms with E-state index in [4.69, 9.17) is 16.3 Å². The van der Waals surface area contributed by atoms with Crippen molar-refractivity contribution in [2.75, 3.05) is 19.0 Å². The van der Waals surface area contributed by atoms with Crippen LogP contribution in [0.3, 0.4) is 0 Å². The van der Waals surface area contributed by atoms with Crippen molar-refractivity contribution >= 4 is 34.5 Å². The summed E-state index contributed by atoms with van der Waals surface area (Å²) in [6, 6.07) is 11.0. The van der Waals surface area contributed by atoms with E-state index < -0.39 is 0 Å². The van der Waals surface area contributed by atoms with Crippen LogP contribution in [0, 0.1) is 0 Å². The van der Waals surface area contributed by atoms with Crippen molar-refractivity contribution in [1.82, 2.24) is 5.32 Å². The number of anilines is 1. The quantitative estimate of drug-likeness (QED) is 0.862. The Hall–Kier alpha value is -1.56. The lowest BCUT2D eigenvalue weighted by atomic mass is 10.3. The number of methoxy groups -OCH3 is 1. The fourth-order valence-electron chi connectivity index (χ4n) is 1.65. The van der Waals surface area contributed by atoms with Crippen molar-refractivity contribution in [2.24, 2.45) is 0 Å². The van der Waals surface area contributed by atoms with Gasteiger partial charge in [-0.25, -0.2) is 0 Å². The van der Waals surface area contributed by atoms with Crippen molar-refractivity contribution in [3.8, 4) is 5.75 Å². The summed E-state index contributed by atoms with van der Waals surface area (Å²) in [7, 11) is 1.59. The van der Waals surface area contributed by atoms with Gasteiger partial charge in [0.25, 0.3) is 0 Å². The van der Waals surface area contributed by atoms with E-state index in [0.29, 0.717) is 12.3 Å². The van der Waals surface area contributed by atoms with Crippen LogP contribution in [-0.4, -0.2) is 19.6 Å². The number of nitrogens with one attached hydrogen (secondary N) is 2. The molecule has 1 aromatic heterocycles. The minimum Gasteiger partial charge on any atom is -0.497 e. The number of hydrogen-bond donors (Lipinski definition) is 2. The molecule has 6 heteroatoms. The van der Waals surface area contributed by atoms with E-state index in [-0.39, 0.29) is 12.5 Å². The Bertz CT molecular complexity index is 586. The summed E-state index contributed by atoms with van der Waals surface area (Å²) in [6.45, 7) is 0.871. The molecule has 0 aliphatic heterocycles. The third-order valence-electron chi connectivity index (χ3n) is 2.57. The number of carbonyl (C=O) groups is 1. The van der Waals surface area contributed by atoms with Gasteiger partial charge in [0.15, 0.2) is 0 Å². The number of halogens is 1. The Balaban J connectivity index is 1.77. The van der Waals surface area contributed by atoms with Gasteiger partial charge in [0, 0.05) is 23.2 Å². The lowest BCUT2D eigenvalue weighted by Gasteiger charge is -2.07. The molecule has 2 aromatic rings. The lowest BCUT2D eigenvalue weighted by Crippen LogP contribution is -2.27. The van der Waals surface area contributed by atoms with Crippen LogP contribution in [0.25, 0.3) is 0 Å². The predicted octanol–water partition coefficient (Wildman–Crippen LogP) is 3.14. The van der Waals surface area contributed by atoms with Crippen molar-refractivity contribution in [3.05, 3.63) is 45.6 Å². The highest BCUT2D eigenvalue weighted by atomic mass is 35.5. The van der Waals surface area contributed by atoms with Gasteiger partial charge in [0.2, 0.25) is 5.91 Å². The summed E-state index contributed by atoms with van der Waals surface area (Å²) in [4.78, 5) is 12.9. The molecule has 0 aliphatic rings. The van der Waals surface area contributed by atoms with E-state index in [1.807, 2.05) is 30.3 Å². The van der Waals surface area contributed by atoms with E-state index in [1.54, 1.807) is 13.2 Å². The topological polar surface area (TPSA) is 50.4 Å². The number of hydrogen-bond acceptors (Lipinski definition) is 4. The van der Waals surface area contributed by atoms with Gasteiger partial charge in [0.05, 0.1) is 18.0 Å². The molecule has 0 atom stereocenters. The average Bonchev–Trinajstić information content (AvgIpc) is 2.84. The van der Waals surface area contributed by atoms with Gasteiger partial charge in [0.1, 0.15) is 5.75 Å². The Labute approximate surface area is 126 Å². The molecule has 0 unspecified atom stereocenters. The molecule has 20 heavy (non-hydrogen) atoms. The van der Waals surface area contributed by atoms with Gasteiger partial charge in [-0.2, -0.15) is 0 Å². The minimum absolute atomic E-state index is 0.0964. The van der Waals surface area contributed by atoms with Gasteiger partial charge in [-0.05, 0) is 24.3 Å². The fraction of sp³-hybridized carbons (Fsp3) is 0.214. The summed E-state index contributed by atoms with van der Waals surface area (Å²) in [6.07, 6.45) is 0. The van der Waals surface area contributed by atoms with E-state index in [0.717, 1.165) is 14.9 Å². The second kappa shape index (κ2) is 7.28. The Morgan fingerprint density at radius 1 is 1.35 bits per heavy atom. The van der Waals surface area contributed by atoms with Gasteiger partial charge in [-0.1, -0.05) is 17.7 Å². The van der Waals surface area contributed by atoms with Gasteiger partial charge in [-0.3, -0.25) is 4.79 Å². The van der Waals surface area contributed by atoms with Crippen LogP contribution in [0.15, 0.2) is 36.4 Å². The second-order valence-electron chi connectivity index (χ2n) is 4.09. The summed E-state index contributed by atoms with van der Waals surface area (Å²) in [5, 5.41) is 5.88. The molecule has 0 spiro atoms. The first-order chi connectivity index (χ1) is 9.67. The second-order valence-corrected chi connectivity index (χ2v) is 5.89. The van der Waals surface area contributed by atoms with Gasteiger partial charge < -0.3 is 15.4 Å². The zero-order valence-corrected chi connectivity index (χ0v) is 12.6. The Kier molecular flexibility index (Phi) is 5.40. The molecule has 0 radical (unpaired) electrons. The first-order valence-corrected chi connectivity index (χ1v) is 7.25. The molecule has 0 saturated heterocycles. The maximum Gasteiger partial charge on any atom is 0.238 e. The summed E-state index contributed by atoms with van der Waals surface area (Å²) in [5.74, 6) is 0.616. The minimum atomic E-state index is -0.0964. The fourth-order valence-corrected chi connectivity index (χ4v) is 2.71. The summed E-state index contributed by atoms with van der Waals surface area (Å²) in [5.41, 5.74) is 0.718. The molecule has 0 aliphatic carbocycles. The van der Waals surface area contributed by atoms with E-state index in [2.05, 4.69) is 10.6 Å². The molecule has 0 bridgehead atoms. The third kappa shape index (κ3) is 4.52. The standard InChI is InChI=1S/C14H15ClN2O2S/c1-19-11-4-2-3-10(7-11)17-14(18)9-16-8-12-5-6-13(15)20-12/h2-7,16H,8-9H2,1H3,(H,17,18). The smallest absolute Gasteiger partial charge is 0.238 e. The maximum absolute atomic E-state index is 11.8. The first-order valence-electron chi connectivity index (χ1n) is 6.06. The molecule has 2 N–H and O–H groups in total. The van der Waals surface area contributed by atoms with Gasteiger partial charge in [-0.15, -0.1) is 11.3 Å². The van der Waals surface area contributed by atoms with E-state index in [9.17, 15) is 4.79 Å². The monoisotopic (exact) mass is 310 g/mol. The molecule has 1 heterocycles. The molecule has 106 valence electrons. The number of carbonyl (C=O) groups excluding carboxylic acids is 1. The maximum atomic E-state index is 11.8. The molecule has 4 nitrogen and oxygen atoms in total. The van der Waals surface area contributed by atoms with Crippen molar-refractivity contribution in [2.45, 2.75) is 6.54 Å². The predicted molar refractivity (Wildman–Crippen MR) is 82.7 cm³/mol. The van der Waals surface area contributed by atoms with Crippen LogP contribution >= 0.6 is 22.9 Å². The number of thiophene rings is 1. The molecule has 1 aromatic carbocycles. The van der Waals surface area contributed by atoms with Crippen LogP contribution in [-0.2, 0) is 11.3 Å². The van der Waals surface area contributed by atoms with Crippen LogP contribution in [0.1, 0.15) is 4.88 Å². The van der Waals surface area contributed by atoms with E-state index >= 15 is 0 Å². The Morgan fingerprint density at radius 2 is 2.20 bits per heavy atom. The first kappa shape index (κ1) is 14.8. The van der Waals surface area contributed by atoms with Crippen LogP contribution in [0.5, 0.6) is 5.75 Å². The summed E-state index contributed by atoms with van der Waals surface area (Å²) >= 11 is 7.34. The molecule has 2 rings (SSSR count). The Morgan fingerprint density at radius 3 is 2.90 bits per heavy atom. The number of rotatable bonds is 6. The summed E-state index contributed by atoms with van der Waals surface area (Å²) < 4.78 is 5.85. The number of amides is 1. The van der Waals surface area contributed by atoms with E-state index in [1.165, 1.54) is 11.3 Å². The normalized spacial score (nSPS) is 10.3. The zero-order chi connectivity index (χ0) is 14.4. The molecular weight excluding hydrogens is 296 g/mol. The highest BCUT2D eigenvalue weighted by molar-refractivity contribution is 7.16. The zero-order valence-electron chi connectivity index (χ0n) is 11.0. The van der Waals surface area contributed by atoms with Crippen LogP contribution < -0.4 is 15.4 Å². The molecule has 0 saturated carbocycles. The van der Waals surface area contributed by atoms with Crippen LogP contribution in [0.2, 0.25) is 4.34 Å². The lowest BCUT2D eigenvalue weighted by molar-refractivity contribution is -0.115. The van der Waals surface area contributed by atoms with Crippen LogP contribution in [0.4, 0.5) is 5.69 Å². The number of benzene rings is 1. The molecule has 0 fully saturated rings. The average molecular weight is 311 g/mol. The SMILES string of the molecule is COc1cccc(NC(=O)CNCc2ccc(Cl)s2)c1. The number of ether oxygens (including phenoxy) is 1. The largest absolute Gasteiger partial charge is 0.497 e. The highest BCUT2D eigenvalue weighted by Crippen LogP contribution is 2.21. The molecular formula is C14H15ClN2O2S. The highest BCUT2D eigenvalue weighted by Gasteiger charge is 2.04. The third-order valence-corrected chi connectivity index (χ3v) is 3.80. The van der Waals surface area contributed by atoms with Crippen molar-refractivity contribution in [3.63, 3.8) is 0 Å². The molecule has 1 amide bonds. The van der Waals surface area contributed by atoms with Crippen molar-refractivity contribution < 1.29 is 9.53 Å².